The highest BCUT2D eigenvalue weighted by Crippen LogP contribution is 2.44. The average Bonchev–Trinajstić information content (AvgIpc) is 3.33. The first-order valence-corrected chi connectivity index (χ1v) is 11.7. The minimum Gasteiger partial charge on any atom is -0.451 e. The van der Waals surface area contributed by atoms with Crippen molar-refractivity contribution in [3.8, 4) is 17.4 Å². The molecule has 2 heterocycles. The van der Waals surface area contributed by atoms with Crippen molar-refractivity contribution in [3.05, 3.63) is 62.1 Å². The number of halogens is 2. The summed E-state index contributed by atoms with van der Waals surface area (Å²) in [6.07, 6.45) is 2.86. The van der Waals surface area contributed by atoms with E-state index in [-0.39, 0.29) is 11.2 Å². The second-order valence-electron chi connectivity index (χ2n) is 8.87. The molecule has 1 N–H and O–H groups in total. The van der Waals surface area contributed by atoms with Crippen LogP contribution in [0.25, 0.3) is 11.3 Å². The molecule has 0 fully saturated rings. The number of hydrogen-bond donors (Lipinski definition) is 1. The summed E-state index contributed by atoms with van der Waals surface area (Å²) in [5.74, 6) is 0.765. The van der Waals surface area contributed by atoms with Gasteiger partial charge in [0.1, 0.15) is 16.8 Å². The van der Waals surface area contributed by atoms with Crippen molar-refractivity contribution in [1.82, 2.24) is 0 Å². The number of anilines is 1. The molecule has 0 bridgehead atoms. The highest BCUT2D eigenvalue weighted by atomic mass is 35.5. The molecule has 0 saturated heterocycles. The molecule has 1 aliphatic rings. The molecule has 1 atom stereocenters. The first-order valence-electron chi connectivity index (χ1n) is 10.1. The Balaban J connectivity index is 1.58. The Morgan fingerprint density at radius 2 is 2.03 bits per heavy atom. The van der Waals surface area contributed by atoms with Gasteiger partial charge in [0, 0.05) is 15.5 Å². The van der Waals surface area contributed by atoms with Crippen molar-refractivity contribution < 1.29 is 9.21 Å². The van der Waals surface area contributed by atoms with E-state index in [0.717, 1.165) is 24.8 Å². The fourth-order valence-corrected chi connectivity index (χ4v) is 5.64. The topological polar surface area (TPSA) is 66.0 Å². The first-order chi connectivity index (χ1) is 14.7. The number of fused-ring (bicyclic) bond motifs is 1. The molecular formula is C24H22Cl2N2O2S. The van der Waals surface area contributed by atoms with Gasteiger partial charge in [-0.2, -0.15) is 5.26 Å². The lowest BCUT2D eigenvalue weighted by molar-refractivity contribution is 0.0998. The van der Waals surface area contributed by atoms with Crippen LogP contribution in [0.5, 0.6) is 0 Å². The lowest BCUT2D eigenvalue weighted by Gasteiger charge is -2.33. The lowest BCUT2D eigenvalue weighted by Crippen LogP contribution is -2.26. The molecule has 1 amide bonds. The van der Waals surface area contributed by atoms with Gasteiger partial charge in [0.25, 0.3) is 5.91 Å². The van der Waals surface area contributed by atoms with Crippen LogP contribution in [0, 0.1) is 22.7 Å². The largest absolute Gasteiger partial charge is 0.451 e. The molecule has 160 valence electrons. The normalized spacial score (nSPS) is 15.9. The Labute approximate surface area is 195 Å². The van der Waals surface area contributed by atoms with Crippen molar-refractivity contribution in [2.75, 3.05) is 5.32 Å². The van der Waals surface area contributed by atoms with Gasteiger partial charge in [0.05, 0.1) is 10.6 Å². The van der Waals surface area contributed by atoms with Crippen molar-refractivity contribution >= 4 is 45.4 Å². The summed E-state index contributed by atoms with van der Waals surface area (Å²) in [4.78, 5) is 14.0. The summed E-state index contributed by atoms with van der Waals surface area (Å²) < 4.78 is 5.74. The minimum atomic E-state index is -0.396. The van der Waals surface area contributed by atoms with Gasteiger partial charge >= 0.3 is 0 Å². The zero-order valence-corrected chi connectivity index (χ0v) is 19.8. The number of carbonyl (C=O) groups excluding carboxylic acids is 1. The van der Waals surface area contributed by atoms with Gasteiger partial charge in [0.15, 0.2) is 5.76 Å². The average molecular weight is 473 g/mol. The van der Waals surface area contributed by atoms with Crippen LogP contribution in [0.2, 0.25) is 10.0 Å². The van der Waals surface area contributed by atoms with Crippen LogP contribution in [-0.4, -0.2) is 5.91 Å². The van der Waals surface area contributed by atoms with Crippen molar-refractivity contribution in [2.24, 2.45) is 11.3 Å². The van der Waals surface area contributed by atoms with Gasteiger partial charge in [-0.3, -0.25) is 4.79 Å². The highest BCUT2D eigenvalue weighted by molar-refractivity contribution is 7.16. The Kier molecular flexibility index (Phi) is 5.91. The van der Waals surface area contributed by atoms with Crippen molar-refractivity contribution in [3.63, 3.8) is 0 Å². The molecule has 7 heteroatoms. The summed E-state index contributed by atoms with van der Waals surface area (Å²) in [6, 6.07) is 10.6. The van der Waals surface area contributed by atoms with Gasteiger partial charge in [-0.1, -0.05) is 44.0 Å². The number of carbonyl (C=O) groups is 1. The van der Waals surface area contributed by atoms with Crippen molar-refractivity contribution in [2.45, 2.75) is 40.0 Å². The number of nitriles is 1. The van der Waals surface area contributed by atoms with Gasteiger partial charge < -0.3 is 9.73 Å². The highest BCUT2D eigenvalue weighted by Gasteiger charge is 2.32. The number of furan rings is 1. The van der Waals surface area contributed by atoms with E-state index in [1.54, 1.807) is 30.3 Å². The number of nitrogens with zero attached hydrogens (tertiary/aromatic N) is 1. The molecule has 1 aromatic carbocycles. The molecule has 1 aliphatic carbocycles. The number of thiophene rings is 1. The van der Waals surface area contributed by atoms with Gasteiger partial charge in [-0.05, 0) is 66.5 Å². The van der Waals surface area contributed by atoms with E-state index in [9.17, 15) is 10.1 Å². The summed E-state index contributed by atoms with van der Waals surface area (Å²) in [7, 11) is 0. The molecule has 31 heavy (non-hydrogen) atoms. The minimum absolute atomic E-state index is 0.147. The van der Waals surface area contributed by atoms with Crippen LogP contribution in [0.4, 0.5) is 5.00 Å². The van der Waals surface area contributed by atoms with Crippen LogP contribution in [0.3, 0.4) is 0 Å². The predicted molar refractivity (Wildman–Crippen MR) is 126 cm³/mol. The van der Waals surface area contributed by atoms with E-state index >= 15 is 0 Å². The van der Waals surface area contributed by atoms with Gasteiger partial charge in [-0.25, -0.2) is 0 Å². The predicted octanol–water partition coefficient (Wildman–Crippen LogP) is 7.59. The fourth-order valence-electron chi connectivity index (χ4n) is 3.99. The summed E-state index contributed by atoms with van der Waals surface area (Å²) in [6.45, 7) is 6.76. The van der Waals surface area contributed by atoms with Crippen LogP contribution in [0.1, 0.15) is 53.8 Å². The molecule has 0 aliphatic heterocycles. The molecule has 0 radical (unpaired) electrons. The SMILES string of the molecule is CC(C)(C)[C@@H]1CCc2c(sc(NC(=O)c3ccc(-c4cc(Cl)ccc4Cl)o3)c2C#N)C1. The second kappa shape index (κ2) is 8.35. The maximum Gasteiger partial charge on any atom is 0.292 e. The summed E-state index contributed by atoms with van der Waals surface area (Å²) in [5, 5.41) is 14.2. The second-order valence-corrected chi connectivity index (χ2v) is 10.8. The van der Waals surface area contributed by atoms with Crippen LogP contribution >= 0.6 is 34.5 Å². The van der Waals surface area contributed by atoms with E-state index in [1.807, 2.05) is 0 Å². The molecule has 0 saturated carbocycles. The first kappa shape index (κ1) is 22.0. The molecule has 0 spiro atoms. The number of amides is 1. The third-order valence-corrected chi connectivity index (χ3v) is 7.59. The monoisotopic (exact) mass is 472 g/mol. The molecular weight excluding hydrogens is 451 g/mol. The van der Waals surface area contributed by atoms with Gasteiger partial charge in [0.2, 0.25) is 0 Å². The van der Waals surface area contributed by atoms with E-state index < -0.39 is 5.91 Å². The van der Waals surface area contributed by atoms with E-state index in [1.165, 1.54) is 16.2 Å². The molecule has 0 unspecified atom stereocenters. The summed E-state index contributed by atoms with van der Waals surface area (Å²) in [5.41, 5.74) is 2.48. The Morgan fingerprint density at radius 3 is 2.74 bits per heavy atom. The third kappa shape index (κ3) is 4.39. The number of nitrogens with one attached hydrogen (secondary N) is 1. The third-order valence-electron chi connectivity index (χ3n) is 5.85. The van der Waals surface area contributed by atoms with E-state index in [4.69, 9.17) is 27.6 Å². The number of rotatable bonds is 3. The maximum absolute atomic E-state index is 12.8. The fraction of sp³-hybridized carbons (Fsp3) is 0.333. The Morgan fingerprint density at radius 1 is 1.26 bits per heavy atom. The Bertz CT molecular complexity index is 1200. The Hall–Kier alpha value is -2.26. The molecule has 4 rings (SSSR count). The zero-order valence-electron chi connectivity index (χ0n) is 17.5. The van der Waals surface area contributed by atoms with Crippen LogP contribution < -0.4 is 5.32 Å². The van der Waals surface area contributed by atoms with E-state index in [2.05, 4.69) is 32.2 Å². The van der Waals surface area contributed by atoms with Crippen molar-refractivity contribution in [1.29, 1.82) is 5.26 Å². The van der Waals surface area contributed by atoms with E-state index in [0.29, 0.717) is 37.9 Å². The molecule has 2 aromatic heterocycles. The zero-order chi connectivity index (χ0) is 22.3. The van der Waals surface area contributed by atoms with Gasteiger partial charge in [-0.15, -0.1) is 11.3 Å². The number of benzene rings is 1. The molecule has 4 nitrogen and oxygen atoms in total. The van der Waals surface area contributed by atoms with Crippen LogP contribution in [0.15, 0.2) is 34.7 Å². The smallest absolute Gasteiger partial charge is 0.292 e. The standard InChI is InChI=1S/C24H22Cl2N2O2S/c1-24(2,3)13-4-6-15-17(12-27)23(31-21(15)10-13)28-22(29)20-9-8-19(30-20)16-11-14(25)5-7-18(16)26/h5,7-9,11,13H,4,6,10H2,1-3H3,(H,28,29)/t13-/m1/s1. The van der Waals surface area contributed by atoms with Crippen LogP contribution in [-0.2, 0) is 12.8 Å². The molecule has 3 aromatic rings. The quantitative estimate of drug-likeness (QED) is 0.426. The maximum atomic E-state index is 12.8. The number of hydrogen-bond acceptors (Lipinski definition) is 4. The summed E-state index contributed by atoms with van der Waals surface area (Å²) >= 11 is 13.8. The lowest BCUT2D eigenvalue weighted by atomic mass is 9.72.